The van der Waals surface area contributed by atoms with Gasteiger partial charge in [-0.3, -0.25) is 0 Å². The van der Waals surface area contributed by atoms with E-state index in [2.05, 4.69) is 11.8 Å². The van der Waals surface area contributed by atoms with E-state index in [1.807, 2.05) is 0 Å². The standard InChI is InChI=1S/C12H18O7/c1-2-3-9(14)18-5-4-7-10(15)12(17)11(16)8(6-13)19-7/h7-8,10-13,15-17H,4-6H2,1H3/t7-,8+,10-,11+,12+/m0/s1. The van der Waals surface area contributed by atoms with Crippen LogP contribution >= 0.6 is 0 Å². The van der Waals surface area contributed by atoms with Gasteiger partial charge < -0.3 is 29.9 Å². The molecule has 1 rings (SSSR count). The summed E-state index contributed by atoms with van der Waals surface area (Å²) in [5, 5.41) is 37.8. The van der Waals surface area contributed by atoms with Gasteiger partial charge in [-0.05, 0) is 6.92 Å². The first-order valence-electron chi connectivity index (χ1n) is 5.91. The number of esters is 1. The predicted octanol–water partition coefficient (Wildman–Crippen LogP) is -2.21. The molecule has 1 aliphatic heterocycles. The van der Waals surface area contributed by atoms with Crippen molar-refractivity contribution in [1.82, 2.24) is 0 Å². The average Bonchev–Trinajstić information content (AvgIpc) is 2.39. The molecule has 1 fully saturated rings. The summed E-state index contributed by atoms with van der Waals surface area (Å²) in [5.74, 6) is 3.88. The normalized spacial score (nSPS) is 34.3. The fourth-order valence-corrected chi connectivity index (χ4v) is 1.82. The maximum atomic E-state index is 11.0. The Hall–Kier alpha value is -1.17. The minimum atomic E-state index is -1.41. The molecule has 0 unspecified atom stereocenters. The number of hydrogen-bond acceptors (Lipinski definition) is 7. The first-order valence-corrected chi connectivity index (χ1v) is 5.91. The Morgan fingerprint density at radius 3 is 2.42 bits per heavy atom. The largest absolute Gasteiger partial charge is 0.456 e. The quantitative estimate of drug-likeness (QED) is 0.261. The predicted molar refractivity (Wildman–Crippen MR) is 62.8 cm³/mol. The van der Waals surface area contributed by atoms with Gasteiger partial charge in [0.2, 0.25) is 0 Å². The zero-order valence-electron chi connectivity index (χ0n) is 10.5. The first-order chi connectivity index (χ1) is 9.01. The molecule has 0 aromatic heterocycles. The van der Waals surface area contributed by atoms with Gasteiger partial charge >= 0.3 is 5.97 Å². The van der Waals surface area contributed by atoms with Gasteiger partial charge in [0, 0.05) is 12.3 Å². The molecule has 1 aliphatic rings. The van der Waals surface area contributed by atoms with E-state index in [9.17, 15) is 20.1 Å². The van der Waals surface area contributed by atoms with E-state index >= 15 is 0 Å². The van der Waals surface area contributed by atoms with Crippen molar-refractivity contribution < 1.29 is 34.7 Å². The summed E-state index contributed by atoms with van der Waals surface area (Å²) in [6.45, 7) is 0.970. The Morgan fingerprint density at radius 2 is 1.84 bits per heavy atom. The van der Waals surface area contributed by atoms with Gasteiger partial charge in [0.15, 0.2) is 0 Å². The van der Waals surface area contributed by atoms with Gasteiger partial charge in [0.25, 0.3) is 0 Å². The fourth-order valence-electron chi connectivity index (χ4n) is 1.82. The van der Waals surface area contributed by atoms with E-state index in [1.54, 1.807) is 0 Å². The summed E-state index contributed by atoms with van der Waals surface area (Å²) in [4.78, 5) is 11.0. The molecule has 0 aromatic rings. The third-order valence-electron chi connectivity index (χ3n) is 2.85. The summed E-state index contributed by atoms with van der Waals surface area (Å²) in [6, 6.07) is 0. The maximum Gasteiger partial charge on any atom is 0.384 e. The van der Waals surface area contributed by atoms with Crippen LogP contribution in [0.5, 0.6) is 0 Å². The maximum absolute atomic E-state index is 11.0. The lowest BCUT2D eigenvalue weighted by Gasteiger charge is -2.40. The Labute approximate surface area is 110 Å². The third-order valence-corrected chi connectivity index (χ3v) is 2.85. The SMILES string of the molecule is CC#CC(=O)OCC[C@@H]1O[C@H](CO)[C@@H](O)[C@H](O)[C@H]1O. The van der Waals surface area contributed by atoms with Gasteiger partial charge in [-0.2, -0.15) is 0 Å². The lowest BCUT2D eigenvalue weighted by Crippen LogP contribution is -2.58. The second-order valence-electron chi connectivity index (χ2n) is 4.17. The molecule has 0 bridgehead atoms. The molecule has 7 heteroatoms. The number of hydrogen-bond donors (Lipinski definition) is 4. The second-order valence-corrected chi connectivity index (χ2v) is 4.17. The van der Waals surface area contributed by atoms with E-state index in [4.69, 9.17) is 14.6 Å². The Morgan fingerprint density at radius 1 is 1.21 bits per heavy atom. The van der Waals surface area contributed by atoms with E-state index in [0.29, 0.717) is 0 Å². The van der Waals surface area contributed by atoms with Crippen LogP contribution in [0.2, 0.25) is 0 Å². The van der Waals surface area contributed by atoms with Crippen molar-refractivity contribution in [3.8, 4) is 11.8 Å². The Kier molecular flexibility index (Phi) is 6.21. The van der Waals surface area contributed by atoms with Crippen molar-refractivity contribution in [3.05, 3.63) is 0 Å². The van der Waals surface area contributed by atoms with Crippen LogP contribution in [0.15, 0.2) is 0 Å². The van der Waals surface area contributed by atoms with Crippen molar-refractivity contribution in [2.24, 2.45) is 0 Å². The highest BCUT2D eigenvalue weighted by Gasteiger charge is 2.43. The zero-order chi connectivity index (χ0) is 14.4. The minimum Gasteiger partial charge on any atom is -0.456 e. The van der Waals surface area contributed by atoms with Gasteiger partial charge in [0.05, 0.1) is 19.3 Å². The molecule has 1 saturated heterocycles. The summed E-state index contributed by atoms with van der Waals surface area (Å²) < 4.78 is 9.99. The van der Waals surface area contributed by atoms with Gasteiger partial charge in [0.1, 0.15) is 24.4 Å². The first kappa shape index (κ1) is 15.9. The van der Waals surface area contributed by atoms with Crippen molar-refractivity contribution >= 4 is 5.97 Å². The van der Waals surface area contributed by atoms with Crippen molar-refractivity contribution in [3.63, 3.8) is 0 Å². The lowest BCUT2D eigenvalue weighted by molar-refractivity contribution is -0.231. The van der Waals surface area contributed by atoms with Crippen LogP contribution in [0.3, 0.4) is 0 Å². The molecule has 108 valence electrons. The number of aliphatic hydroxyl groups is 4. The highest BCUT2D eigenvalue weighted by Crippen LogP contribution is 2.23. The highest BCUT2D eigenvalue weighted by atomic mass is 16.6. The monoisotopic (exact) mass is 274 g/mol. The summed E-state index contributed by atoms with van der Waals surface area (Å²) in [6.07, 6.45) is -5.77. The van der Waals surface area contributed by atoms with Crippen molar-refractivity contribution in [2.75, 3.05) is 13.2 Å². The molecular weight excluding hydrogens is 256 g/mol. The molecule has 4 N–H and O–H groups in total. The van der Waals surface area contributed by atoms with E-state index in [-0.39, 0.29) is 13.0 Å². The Balaban J connectivity index is 2.47. The molecule has 7 nitrogen and oxygen atoms in total. The summed E-state index contributed by atoms with van der Waals surface area (Å²) in [7, 11) is 0. The van der Waals surface area contributed by atoms with Crippen LogP contribution in [0.25, 0.3) is 0 Å². The minimum absolute atomic E-state index is 0.0454. The second kappa shape index (κ2) is 7.43. The summed E-state index contributed by atoms with van der Waals surface area (Å²) >= 11 is 0. The molecular formula is C12H18O7. The number of aliphatic hydroxyl groups excluding tert-OH is 4. The van der Waals surface area contributed by atoms with Crippen LogP contribution < -0.4 is 0 Å². The van der Waals surface area contributed by atoms with Crippen LogP contribution in [-0.4, -0.2) is 70.1 Å². The lowest BCUT2D eigenvalue weighted by atomic mass is 9.94. The van der Waals surface area contributed by atoms with Crippen molar-refractivity contribution in [2.45, 2.75) is 43.9 Å². The fraction of sp³-hybridized carbons (Fsp3) is 0.750. The van der Waals surface area contributed by atoms with Gasteiger partial charge in [-0.1, -0.05) is 5.92 Å². The van der Waals surface area contributed by atoms with Crippen LogP contribution in [0.1, 0.15) is 13.3 Å². The smallest absolute Gasteiger partial charge is 0.384 e. The molecule has 0 spiro atoms. The van der Waals surface area contributed by atoms with Gasteiger partial charge in [-0.25, -0.2) is 4.79 Å². The van der Waals surface area contributed by atoms with Crippen LogP contribution in [0.4, 0.5) is 0 Å². The van der Waals surface area contributed by atoms with Crippen LogP contribution in [0, 0.1) is 11.8 Å². The molecule has 0 amide bonds. The topological polar surface area (TPSA) is 116 Å². The zero-order valence-corrected chi connectivity index (χ0v) is 10.5. The average molecular weight is 274 g/mol. The summed E-state index contributed by atoms with van der Waals surface area (Å²) in [5.41, 5.74) is 0. The molecule has 1 heterocycles. The van der Waals surface area contributed by atoms with E-state index in [1.165, 1.54) is 6.92 Å². The number of carbonyl (C=O) groups is 1. The molecule has 0 radical (unpaired) electrons. The molecule has 0 aromatic carbocycles. The third kappa shape index (κ3) is 4.16. The Bertz CT molecular complexity index is 357. The number of ether oxygens (including phenoxy) is 2. The molecule has 19 heavy (non-hydrogen) atoms. The van der Waals surface area contributed by atoms with Crippen LogP contribution in [-0.2, 0) is 14.3 Å². The van der Waals surface area contributed by atoms with E-state index < -0.39 is 43.1 Å². The highest BCUT2D eigenvalue weighted by molar-refractivity contribution is 5.88. The number of rotatable bonds is 4. The number of carbonyl (C=O) groups excluding carboxylic acids is 1. The van der Waals surface area contributed by atoms with Crippen molar-refractivity contribution in [1.29, 1.82) is 0 Å². The van der Waals surface area contributed by atoms with Gasteiger partial charge in [-0.15, -0.1) is 0 Å². The molecule has 0 aliphatic carbocycles. The van der Waals surface area contributed by atoms with E-state index in [0.717, 1.165) is 0 Å². The molecule has 0 saturated carbocycles. The molecule has 5 atom stereocenters.